The highest BCUT2D eigenvalue weighted by Gasteiger charge is 2.01. The molecule has 0 radical (unpaired) electrons. The summed E-state index contributed by atoms with van der Waals surface area (Å²) in [6.45, 7) is 4.37. The topological polar surface area (TPSA) is 38.3 Å². The highest BCUT2D eigenvalue weighted by molar-refractivity contribution is 5.82. The Balaban J connectivity index is 2.58. The summed E-state index contributed by atoms with van der Waals surface area (Å²) >= 11 is 0. The fourth-order valence-electron chi connectivity index (χ4n) is 1.48. The summed E-state index contributed by atoms with van der Waals surface area (Å²) in [5.41, 5.74) is 2.04. The molecule has 0 aromatic heterocycles. The summed E-state index contributed by atoms with van der Waals surface area (Å²) in [6, 6.07) is 10.0. The predicted molar refractivity (Wildman–Crippen MR) is 72.8 cm³/mol. The minimum absolute atomic E-state index is 0.338. The Bertz CT molecular complexity index is 410. The third-order valence-electron chi connectivity index (χ3n) is 2.47. The highest BCUT2D eigenvalue weighted by Crippen LogP contribution is 2.05. The van der Waals surface area contributed by atoms with Crippen molar-refractivity contribution in [2.75, 3.05) is 7.11 Å². The number of allylic oxidation sites excluding steroid dienone is 2. The molecule has 0 amide bonds. The van der Waals surface area contributed by atoms with Crippen LogP contribution in [0, 0.1) is 0 Å². The van der Waals surface area contributed by atoms with Crippen molar-refractivity contribution in [1.82, 2.24) is 5.32 Å². The first-order chi connectivity index (χ1) is 8.76. The van der Waals surface area contributed by atoms with Gasteiger partial charge in [0.2, 0.25) is 0 Å². The van der Waals surface area contributed by atoms with Crippen LogP contribution in [-0.2, 0) is 16.1 Å². The number of benzene rings is 1. The summed E-state index contributed by atoms with van der Waals surface area (Å²) in [6.07, 6.45) is 4.90. The largest absolute Gasteiger partial charge is 0.466 e. The Morgan fingerprint density at radius 1 is 1.39 bits per heavy atom. The van der Waals surface area contributed by atoms with E-state index in [9.17, 15) is 4.79 Å². The predicted octanol–water partition coefficient (Wildman–Crippen LogP) is 2.80. The van der Waals surface area contributed by atoms with Crippen molar-refractivity contribution in [3.8, 4) is 0 Å². The lowest BCUT2D eigenvalue weighted by atomic mass is 10.2. The van der Waals surface area contributed by atoms with E-state index in [-0.39, 0.29) is 5.97 Å². The Morgan fingerprint density at radius 3 is 2.72 bits per heavy atom. The van der Waals surface area contributed by atoms with Crippen LogP contribution in [-0.4, -0.2) is 13.1 Å². The standard InChI is InChI=1S/C15H19NO2/c1-3-4-10-14(11-15(17)18-2)16-12-13-8-6-5-7-9-13/h3,5-9,11,16H,1,4,10,12H2,2H3/b14-11+. The molecule has 0 saturated heterocycles. The van der Waals surface area contributed by atoms with Gasteiger partial charge in [-0.25, -0.2) is 4.79 Å². The second-order valence-electron chi connectivity index (χ2n) is 3.86. The minimum Gasteiger partial charge on any atom is -0.466 e. The molecule has 1 rings (SSSR count). The Hall–Kier alpha value is -2.03. The van der Waals surface area contributed by atoms with Crippen molar-refractivity contribution >= 4 is 5.97 Å². The van der Waals surface area contributed by atoms with Crippen LogP contribution in [0.25, 0.3) is 0 Å². The lowest BCUT2D eigenvalue weighted by Gasteiger charge is -2.10. The molecule has 1 aromatic carbocycles. The molecule has 0 heterocycles. The van der Waals surface area contributed by atoms with E-state index in [0.29, 0.717) is 6.54 Å². The molecule has 0 aliphatic rings. The number of rotatable bonds is 7. The molecule has 3 nitrogen and oxygen atoms in total. The van der Waals surface area contributed by atoms with Crippen LogP contribution >= 0.6 is 0 Å². The van der Waals surface area contributed by atoms with E-state index in [2.05, 4.69) is 16.6 Å². The second-order valence-corrected chi connectivity index (χ2v) is 3.86. The number of hydrogen-bond donors (Lipinski definition) is 1. The van der Waals surface area contributed by atoms with Crippen LogP contribution < -0.4 is 5.32 Å². The van der Waals surface area contributed by atoms with Gasteiger partial charge in [-0.3, -0.25) is 0 Å². The zero-order valence-electron chi connectivity index (χ0n) is 10.7. The molecule has 0 saturated carbocycles. The van der Waals surface area contributed by atoms with Crippen molar-refractivity contribution in [3.63, 3.8) is 0 Å². The average molecular weight is 245 g/mol. The number of ether oxygens (including phenoxy) is 1. The monoisotopic (exact) mass is 245 g/mol. The first-order valence-corrected chi connectivity index (χ1v) is 5.93. The molecule has 0 spiro atoms. The molecule has 18 heavy (non-hydrogen) atoms. The molecule has 0 aliphatic heterocycles. The number of methoxy groups -OCH3 is 1. The maximum atomic E-state index is 11.2. The summed E-state index contributed by atoms with van der Waals surface area (Å²) < 4.78 is 4.63. The molecular weight excluding hydrogens is 226 g/mol. The van der Waals surface area contributed by atoms with Gasteiger partial charge in [-0.05, 0) is 18.4 Å². The van der Waals surface area contributed by atoms with Gasteiger partial charge in [0, 0.05) is 18.3 Å². The van der Waals surface area contributed by atoms with Gasteiger partial charge in [0.05, 0.1) is 7.11 Å². The van der Waals surface area contributed by atoms with Crippen LogP contribution in [0.5, 0.6) is 0 Å². The molecule has 1 N–H and O–H groups in total. The van der Waals surface area contributed by atoms with Gasteiger partial charge in [0.15, 0.2) is 0 Å². The van der Waals surface area contributed by atoms with Crippen LogP contribution in [0.15, 0.2) is 54.8 Å². The van der Waals surface area contributed by atoms with E-state index in [4.69, 9.17) is 0 Å². The summed E-state index contributed by atoms with van der Waals surface area (Å²) in [5.74, 6) is -0.338. The quantitative estimate of drug-likeness (QED) is 0.456. The Kier molecular flexibility index (Phi) is 6.33. The van der Waals surface area contributed by atoms with Crippen LogP contribution in [0.4, 0.5) is 0 Å². The van der Waals surface area contributed by atoms with Crippen molar-refractivity contribution in [2.45, 2.75) is 19.4 Å². The van der Waals surface area contributed by atoms with Gasteiger partial charge in [0.25, 0.3) is 0 Å². The third kappa shape index (κ3) is 5.34. The van der Waals surface area contributed by atoms with Gasteiger partial charge in [0.1, 0.15) is 0 Å². The van der Waals surface area contributed by atoms with Gasteiger partial charge >= 0.3 is 5.97 Å². The van der Waals surface area contributed by atoms with E-state index < -0.39 is 0 Å². The van der Waals surface area contributed by atoms with Crippen LogP contribution in [0.3, 0.4) is 0 Å². The van der Waals surface area contributed by atoms with E-state index in [1.807, 2.05) is 36.4 Å². The SMILES string of the molecule is C=CCC/C(=C\C(=O)OC)NCc1ccccc1. The van der Waals surface area contributed by atoms with Crippen molar-refractivity contribution in [3.05, 3.63) is 60.3 Å². The summed E-state index contributed by atoms with van der Waals surface area (Å²) in [4.78, 5) is 11.2. The number of esters is 1. The lowest BCUT2D eigenvalue weighted by molar-refractivity contribution is -0.134. The summed E-state index contributed by atoms with van der Waals surface area (Å²) in [7, 11) is 1.38. The van der Waals surface area contributed by atoms with Crippen molar-refractivity contribution in [1.29, 1.82) is 0 Å². The fourth-order valence-corrected chi connectivity index (χ4v) is 1.48. The van der Waals surface area contributed by atoms with Crippen LogP contribution in [0.1, 0.15) is 18.4 Å². The molecule has 0 atom stereocenters. The summed E-state index contributed by atoms with van der Waals surface area (Å²) in [5, 5.41) is 3.25. The van der Waals surface area contributed by atoms with Crippen molar-refractivity contribution in [2.24, 2.45) is 0 Å². The van der Waals surface area contributed by atoms with Crippen molar-refractivity contribution < 1.29 is 9.53 Å². The first-order valence-electron chi connectivity index (χ1n) is 5.93. The van der Waals surface area contributed by atoms with E-state index in [0.717, 1.165) is 18.5 Å². The molecule has 96 valence electrons. The zero-order valence-corrected chi connectivity index (χ0v) is 10.7. The normalized spacial score (nSPS) is 10.8. The molecule has 1 aromatic rings. The lowest BCUT2D eigenvalue weighted by Crippen LogP contribution is -2.14. The van der Waals surface area contributed by atoms with E-state index in [1.165, 1.54) is 18.7 Å². The molecule has 0 fully saturated rings. The number of nitrogens with one attached hydrogen (secondary N) is 1. The number of carbonyl (C=O) groups is 1. The highest BCUT2D eigenvalue weighted by atomic mass is 16.5. The number of carbonyl (C=O) groups excluding carboxylic acids is 1. The Labute approximate surface area is 108 Å². The minimum atomic E-state index is -0.338. The molecule has 3 heteroatoms. The first kappa shape index (κ1) is 14.0. The average Bonchev–Trinajstić information content (AvgIpc) is 2.42. The van der Waals surface area contributed by atoms with E-state index >= 15 is 0 Å². The maximum Gasteiger partial charge on any atom is 0.332 e. The van der Waals surface area contributed by atoms with Gasteiger partial charge in [-0.1, -0.05) is 36.4 Å². The fraction of sp³-hybridized carbons (Fsp3) is 0.267. The van der Waals surface area contributed by atoms with Gasteiger partial charge in [-0.2, -0.15) is 0 Å². The van der Waals surface area contributed by atoms with E-state index in [1.54, 1.807) is 0 Å². The van der Waals surface area contributed by atoms with Gasteiger partial charge < -0.3 is 10.1 Å². The third-order valence-corrected chi connectivity index (χ3v) is 2.47. The zero-order chi connectivity index (χ0) is 13.2. The Morgan fingerprint density at radius 2 is 2.11 bits per heavy atom. The second kappa shape index (κ2) is 8.12. The molecule has 0 aliphatic carbocycles. The molecule has 0 bridgehead atoms. The van der Waals surface area contributed by atoms with Gasteiger partial charge in [-0.15, -0.1) is 6.58 Å². The smallest absolute Gasteiger partial charge is 0.332 e. The van der Waals surface area contributed by atoms with Crippen LogP contribution in [0.2, 0.25) is 0 Å². The molecular formula is C15H19NO2. The maximum absolute atomic E-state index is 11.2. The number of hydrogen-bond acceptors (Lipinski definition) is 3. The molecule has 0 unspecified atom stereocenters.